The largest absolute Gasteiger partial charge is 0.490 e. The molecular formula is C23H30O6. The summed E-state index contributed by atoms with van der Waals surface area (Å²) in [5.74, 6) is -0.696. The van der Waals surface area contributed by atoms with Gasteiger partial charge >= 0.3 is 5.97 Å². The van der Waals surface area contributed by atoms with E-state index in [0.717, 1.165) is 0 Å². The number of allylic oxidation sites excluding steroid dienone is 1. The summed E-state index contributed by atoms with van der Waals surface area (Å²) in [6.45, 7) is 1.69. The summed E-state index contributed by atoms with van der Waals surface area (Å²) < 4.78 is 5.60. The molecule has 1 aliphatic rings. The Bertz CT molecular complexity index is 733. The predicted octanol–water partition coefficient (Wildman–Crippen LogP) is 2.70. The summed E-state index contributed by atoms with van der Waals surface area (Å²) in [6, 6.07) is 9.20. The van der Waals surface area contributed by atoms with Gasteiger partial charge in [-0.1, -0.05) is 30.4 Å². The average molecular weight is 402 g/mol. The molecule has 5 atom stereocenters. The van der Waals surface area contributed by atoms with Gasteiger partial charge in [0.1, 0.15) is 18.0 Å². The molecule has 6 heteroatoms. The predicted molar refractivity (Wildman–Crippen MR) is 109 cm³/mol. The summed E-state index contributed by atoms with van der Waals surface area (Å²) in [4.78, 5) is 10.5. The lowest BCUT2D eigenvalue weighted by molar-refractivity contribution is -0.136. The van der Waals surface area contributed by atoms with E-state index < -0.39 is 23.8 Å². The number of aliphatic hydroxyl groups excluding tert-OH is 2. The molecule has 0 bridgehead atoms. The van der Waals surface area contributed by atoms with Crippen LogP contribution in [0.15, 0.2) is 60.4 Å². The lowest BCUT2D eigenvalue weighted by Crippen LogP contribution is -2.30. The minimum Gasteiger partial charge on any atom is -0.490 e. The summed E-state index contributed by atoms with van der Waals surface area (Å²) in [5.41, 5.74) is 1.71. The van der Waals surface area contributed by atoms with Crippen molar-refractivity contribution in [2.75, 3.05) is 6.61 Å². The smallest absolute Gasteiger partial charge is 0.303 e. The van der Waals surface area contributed by atoms with E-state index in [9.17, 15) is 20.1 Å². The number of benzene rings is 1. The molecule has 0 spiro atoms. The van der Waals surface area contributed by atoms with Gasteiger partial charge in [0.2, 0.25) is 0 Å². The summed E-state index contributed by atoms with van der Waals surface area (Å²) in [6.07, 6.45) is 6.66. The van der Waals surface area contributed by atoms with Crippen LogP contribution in [-0.4, -0.2) is 50.8 Å². The highest BCUT2D eigenvalue weighted by Gasteiger charge is 2.39. The van der Waals surface area contributed by atoms with Gasteiger partial charge in [-0.15, -0.1) is 5.73 Å². The Balaban J connectivity index is 1.94. The zero-order valence-corrected chi connectivity index (χ0v) is 16.6. The van der Waals surface area contributed by atoms with Crippen LogP contribution < -0.4 is 4.74 Å². The van der Waals surface area contributed by atoms with Crippen LogP contribution in [-0.2, 0) is 4.79 Å². The molecule has 1 unspecified atom stereocenters. The molecule has 0 radical (unpaired) electrons. The van der Waals surface area contributed by atoms with Gasteiger partial charge < -0.3 is 25.2 Å². The summed E-state index contributed by atoms with van der Waals surface area (Å²) in [5, 5.41) is 39.8. The van der Waals surface area contributed by atoms with Crippen LogP contribution in [0.1, 0.15) is 32.6 Å². The van der Waals surface area contributed by atoms with Crippen molar-refractivity contribution in [3.63, 3.8) is 0 Å². The maximum Gasteiger partial charge on any atom is 0.303 e. The van der Waals surface area contributed by atoms with Crippen molar-refractivity contribution < 1.29 is 30.0 Å². The van der Waals surface area contributed by atoms with Gasteiger partial charge in [0.15, 0.2) is 0 Å². The van der Waals surface area contributed by atoms with Gasteiger partial charge in [0.25, 0.3) is 0 Å². The van der Waals surface area contributed by atoms with Crippen LogP contribution in [0.25, 0.3) is 0 Å². The standard InChI is InChI=1S/C23H30O6/c1-23(28,16-29-17-9-5-4-6-10-17)14-13-19-18(20(24)15-21(19)25)11-7-2-3-8-12-22(26)27/h3-7,9-10,13-14,18-21,24-25,28H,8,11-12,15-16H2,1H3,(H,26,27)/t2?,18-,19-,20+,21-,23?/m1/s1. The molecule has 0 heterocycles. The highest BCUT2D eigenvalue weighted by atomic mass is 16.5. The monoisotopic (exact) mass is 402 g/mol. The van der Waals surface area contributed by atoms with Crippen molar-refractivity contribution in [1.82, 2.24) is 0 Å². The molecule has 0 amide bonds. The number of hydrogen-bond donors (Lipinski definition) is 4. The third kappa shape index (κ3) is 7.87. The molecule has 4 N–H and O–H groups in total. The lowest BCUT2D eigenvalue weighted by Gasteiger charge is -2.23. The minimum absolute atomic E-state index is 0.0527. The zero-order valence-electron chi connectivity index (χ0n) is 16.6. The van der Waals surface area contributed by atoms with E-state index in [4.69, 9.17) is 9.84 Å². The van der Waals surface area contributed by atoms with E-state index in [2.05, 4.69) is 5.73 Å². The number of carboxylic acid groups (broad SMARTS) is 1. The Morgan fingerprint density at radius 2 is 1.97 bits per heavy atom. The van der Waals surface area contributed by atoms with Gasteiger partial charge in [0.05, 0.1) is 12.2 Å². The molecular weight excluding hydrogens is 372 g/mol. The molecule has 1 aromatic rings. The second-order valence-electron chi connectivity index (χ2n) is 7.67. The molecule has 29 heavy (non-hydrogen) atoms. The topological polar surface area (TPSA) is 107 Å². The number of para-hydroxylation sites is 1. The third-order valence-corrected chi connectivity index (χ3v) is 5.00. The van der Waals surface area contributed by atoms with E-state index in [0.29, 0.717) is 18.6 Å². The SMILES string of the molecule is CC(O)(C=C[C@@H]1[C@@H](CC=C=CCCC(=O)O)[C@@H](O)C[C@H]1O)COc1ccccc1. The molecule has 6 nitrogen and oxygen atoms in total. The van der Waals surface area contributed by atoms with Crippen LogP contribution >= 0.6 is 0 Å². The van der Waals surface area contributed by atoms with Gasteiger partial charge in [-0.25, -0.2) is 0 Å². The fourth-order valence-electron chi connectivity index (χ4n) is 3.39. The molecule has 0 saturated heterocycles. The van der Waals surface area contributed by atoms with Crippen LogP contribution in [0.3, 0.4) is 0 Å². The minimum atomic E-state index is -1.22. The number of rotatable bonds is 10. The zero-order chi connectivity index (χ0) is 21.3. The first-order chi connectivity index (χ1) is 13.8. The molecule has 1 aromatic carbocycles. The van der Waals surface area contributed by atoms with E-state index in [-0.39, 0.29) is 31.3 Å². The molecule has 1 aliphatic carbocycles. The Labute approximate surface area is 171 Å². The fourth-order valence-corrected chi connectivity index (χ4v) is 3.39. The quantitative estimate of drug-likeness (QED) is 0.354. The Kier molecular flexibility index (Phi) is 8.68. The Morgan fingerprint density at radius 1 is 1.24 bits per heavy atom. The van der Waals surface area contributed by atoms with E-state index in [1.165, 1.54) is 0 Å². The van der Waals surface area contributed by atoms with Crippen molar-refractivity contribution in [1.29, 1.82) is 0 Å². The van der Waals surface area contributed by atoms with Crippen molar-refractivity contribution in [2.24, 2.45) is 11.8 Å². The number of hydrogen-bond acceptors (Lipinski definition) is 5. The fraction of sp³-hybridized carbons (Fsp3) is 0.478. The normalized spacial score (nSPS) is 25.9. The first-order valence-electron chi connectivity index (χ1n) is 9.85. The van der Waals surface area contributed by atoms with Gasteiger partial charge in [-0.2, -0.15) is 0 Å². The number of aliphatic carboxylic acids is 1. The number of carboxylic acids is 1. The number of ether oxygens (including phenoxy) is 1. The first kappa shape index (κ1) is 22.9. The Morgan fingerprint density at radius 3 is 2.66 bits per heavy atom. The maximum absolute atomic E-state index is 10.6. The average Bonchev–Trinajstić information content (AvgIpc) is 2.94. The number of carbonyl (C=O) groups is 1. The maximum atomic E-state index is 10.6. The van der Waals surface area contributed by atoms with Crippen LogP contribution in [0.5, 0.6) is 5.75 Å². The molecule has 0 aliphatic heterocycles. The summed E-state index contributed by atoms with van der Waals surface area (Å²) in [7, 11) is 0. The molecule has 0 aromatic heterocycles. The highest BCUT2D eigenvalue weighted by Crippen LogP contribution is 2.36. The van der Waals surface area contributed by atoms with Gasteiger partial charge in [0, 0.05) is 18.8 Å². The summed E-state index contributed by atoms with van der Waals surface area (Å²) >= 11 is 0. The van der Waals surface area contributed by atoms with Crippen LogP contribution in [0.4, 0.5) is 0 Å². The van der Waals surface area contributed by atoms with E-state index >= 15 is 0 Å². The second-order valence-corrected chi connectivity index (χ2v) is 7.67. The molecule has 1 saturated carbocycles. The third-order valence-electron chi connectivity index (χ3n) is 5.00. The van der Waals surface area contributed by atoms with Gasteiger partial charge in [-0.3, -0.25) is 4.79 Å². The van der Waals surface area contributed by atoms with E-state index in [1.807, 2.05) is 30.3 Å². The molecule has 2 rings (SSSR count). The lowest BCUT2D eigenvalue weighted by atomic mass is 9.89. The Hall–Kier alpha value is -2.37. The number of aliphatic hydroxyl groups is 3. The van der Waals surface area contributed by atoms with Crippen molar-refractivity contribution in [2.45, 2.75) is 50.4 Å². The first-order valence-corrected chi connectivity index (χ1v) is 9.85. The van der Waals surface area contributed by atoms with Gasteiger partial charge in [-0.05, 0) is 50.0 Å². The molecule has 1 fully saturated rings. The van der Waals surface area contributed by atoms with Crippen LogP contribution in [0, 0.1) is 11.8 Å². The van der Waals surface area contributed by atoms with Crippen molar-refractivity contribution in [3.05, 3.63) is 60.4 Å². The highest BCUT2D eigenvalue weighted by molar-refractivity contribution is 5.66. The molecule has 158 valence electrons. The van der Waals surface area contributed by atoms with E-state index in [1.54, 1.807) is 31.2 Å². The van der Waals surface area contributed by atoms with Crippen molar-refractivity contribution in [3.8, 4) is 5.75 Å². The van der Waals surface area contributed by atoms with Crippen LogP contribution in [0.2, 0.25) is 0 Å². The second kappa shape index (κ2) is 11.0. The van der Waals surface area contributed by atoms with Crippen molar-refractivity contribution >= 4 is 5.97 Å².